The number of halogens is 1. The lowest BCUT2D eigenvalue weighted by Gasteiger charge is -2.24. The van der Waals surface area contributed by atoms with E-state index in [4.69, 9.17) is 14.2 Å². The van der Waals surface area contributed by atoms with Crippen LogP contribution < -0.4 is 14.2 Å². The molecule has 1 amide bonds. The maximum Gasteiger partial charge on any atom is 0.299 e. The fraction of sp³-hybridized carbons (Fsp3) is 0.286. The summed E-state index contributed by atoms with van der Waals surface area (Å²) in [5, 5.41) is 0. The first-order valence-electron chi connectivity index (χ1n) is 8.28. The van der Waals surface area contributed by atoms with Crippen molar-refractivity contribution in [2.75, 3.05) is 21.3 Å². The van der Waals surface area contributed by atoms with Crippen LogP contribution in [0.3, 0.4) is 0 Å². The largest absolute Gasteiger partial charge is 0.493 e. The predicted octanol–water partition coefficient (Wildman–Crippen LogP) is 3.87. The molecule has 0 heterocycles. The Bertz CT molecular complexity index is 856. The van der Waals surface area contributed by atoms with Crippen LogP contribution in [0.4, 0.5) is 0 Å². The summed E-state index contributed by atoms with van der Waals surface area (Å²) >= 11 is 2.21. The van der Waals surface area contributed by atoms with Crippen molar-refractivity contribution in [1.29, 1.82) is 0 Å². The molecule has 0 aromatic heterocycles. The van der Waals surface area contributed by atoms with Gasteiger partial charge in [-0.15, -0.1) is 0 Å². The molecule has 2 rings (SSSR count). The minimum absolute atomic E-state index is 0.242. The molecule has 0 N–H and O–H groups in total. The van der Waals surface area contributed by atoms with Crippen LogP contribution in [0, 0.1) is 15.4 Å². The van der Waals surface area contributed by atoms with E-state index in [-0.39, 0.29) is 5.91 Å². The second-order valence-electron chi connectivity index (χ2n) is 5.63. The molecule has 142 valence electrons. The van der Waals surface area contributed by atoms with Crippen LogP contribution in [0.15, 0.2) is 36.4 Å². The summed E-state index contributed by atoms with van der Waals surface area (Å²) < 4.78 is 17.4. The van der Waals surface area contributed by atoms with Gasteiger partial charge in [-0.1, -0.05) is 36.3 Å². The summed E-state index contributed by atoms with van der Waals surface area (Å²) in [5.74, 6) is 6.71. The van der Waals surface area contributed by atoms with Gasteiger partial charge in [-0.05, 0) is 47.1 Å². The Morgan fingerprint density at radius 1 is 1.04 bits per heavy atom. The summed E-state index contributed by atoms with van der Waals surface area (Å²) in [4.78, 5) is 14.3. The number of benzene rings is 2. The third-order valence-corrected chi connectivity index (χ3v) is 4.93. The van der Waals surface area contributed by atoms with Gasteiger partial charge in [0.15, 0.2) is 11.5 Å². The SMILES string of the molecule is CC#CC(=O)N(Cc1ccccc1)Cc1c(I)cc(OC)c(OC)c1OC. The molecular formula is C21H22INO4. The van der Waals surface area contributed by atoms with Crippen LogP contribution in [0.1, 0.15) is 18.1 Å². The van der Waals surface area contributed by atoms with Gasteiger partial charge in [-0.2, -0.15) is 0 Å². The molecule has 0 saturated carbocycles. The molecule has 0 unspecified atom stereocenters. The minimum atomic E-state index is -0.242. The van der Waals surface area contributed by atoms with Gasteiger partial charge in [0.25, 0.3) is 5.91 Å². The van der Waals surface area contributed by atoms with E-state index in [0.717, 1.165) is 14.7 Å². The van der Waals surface area contributed by atoms with Gasteiger partial charge in [-0.25, -0.2) is 0 Å². The molecule has 0 aliphatic heterocycles. The summed E-state index contributed by atoms with van der Waals surface area (Å²) in [6, 6.07) is 11.7. The van der Waals surface area contributed by atoms with Crippen LogP contribution >= 0.6 is 22.6 Å². The highest BCUT2D eigenvalue weighted by atomic mass is 127. The quantitative estimate of drug-likeness (QED) is 0.447. The van der Waals surface area contributed by atoms with Gasteiger partial charge < -0.3 is 19.1 Å². The maximum atomic E-state index is 12.6. The number of hydrogen-bond donors (Lipinski definition) is 0. The summed E-state index contributed by atoms with van der Waals surface area (Å²) in [7, 11) is 4.72. The topological polar surface area (TPSA) is 48.0 Å². The molecule has 0 aliphatic rings. The van der Waals surface area contributed by atoms with E-state index in [9.17, 15) is 4.79 Å². The van der Waals surface area contributed by atoms with Crippen molar-refractivity contribution >= 4 is 28.5 Å². The molecule has 0 saturated heterocycles. The molecule has 2 aromatic carbocycles. The van der Waals surface area contributed by atoms with Crippen molar-refractivity contribution in [1.82, 2.24) is 4.90 Å². The molecular weight excluding hydrogens is 457 g/mol. The Balaban J connectivity index is 2.47. The van der Waals surface area contributed by atoms with E-state index >= 15 is 0 Å². The molecule has 2 aromatic rings. The van der Waals surface area contributed by atoms with Crippen LogP contribution in [0.25, 0.3) is 0 Å². The smallest absolute Gasteiger partial charge is 0.299 e. The van der Waals surface area contributed by atoms with Crippen LogP contribution in [0.5, 0.6) is 17.2 Å². The Labute approximate surface area is 173 Å². The molecule has 0 atom stereocenters. The average molecular weight is 479 g/mol. The van der Waals surface area contributed by atoms with Crippen molar-refractivity contribution in [3.05, 3.63) is 51.1 Å². The summed E-state index contributed by atoms with van der Waals surface area (Å²) in [6.07, 6.45) is 0. The van der Waals surface area contributed by atoms with Crippen LogP contribution in [0.2, 0.25) is 0 Å². The molecule has 0 fully saturated rings. The molecule has 0 aliphatic carbocycles. The van der Waals surface area contributed by atoms with Gasteiger partial charge in [0.05, 0.1) is 27.9 Å². The van der Waals surface area contributed by atoms with E-state index < -0.39 is 0 Å². The first kappa shape index (κ1) is 20.9. The molecule has 6 heteroatoms. The highest BCUT2D eigenvalue weighted by molar-refractivity contribution is 14.1. The lowest BCUT2D eigenvalue weighted by atomic mass is 10.1. The van der Waals surface area contributed by atoms with E-state index in [0.29, 0.717) is 30.3 Å². The monoisotopic (exact) mass is 479 g/mol. The molecule has 0 bridgehead atoms. The lowest BCUT2D eigenvalue weighted by Crippen LogP contribution is -2.29. The third-order valence-electron chi connectivity index (χ3n) is 3.96. The number of carbonyl (C=O) groups is 1. The van der Waals surface area contributed by atoms with Crippen molar-refractivity contribution < 1.29 is 19.0 Å². The number of amides is 1. The first-order valence-corrected chi connectivity index (χ1v) is 9.36. The zero-order valence-corrected chi connectivity index (χ0v) is 18.0. The number of hydrogen-bond acceptors (Lipinski definition) is 4. The first-order chi connectivity index (χ1) is 13.0. The van der Waals surface area contributed by atoms with Crippen molar-refractivity contribution in [2.45, 2.75) is 20.0 Å². The fourth-order valence-corrected chi connectivity index (χ4v) is 3.41. The summed E-state index contributed by atoms with van der Waals surface area (Å²) in [5.41, 5.74) is 1.87. The molecule has 0 spiro atoms. The van der Waals surface area contributed by atoms with Gasteiger partial charge in [0.2, 0.25) is 5.75 Å². The van der Waals surface area contributed by atoms with Crippen molar-refractivity contribution in [3.63, 3.8) is 0 Å². The Kier molecular flexibility index (Phi) is 7.80. The second-order valence-corrected chi connectivity index (χ2v) is 6.79. The normalized spacial score (nSPS) is 9.81. The number of methoxy groups -OCH3 is 3. The summed E-state index contributed by atoms with van der Waals surface area (Å²) in [6.45, 7) is 2.44. The number of ether oxygens (including phenoxy) is 3. The average Bonchev–Trinajstić information content (AvgIpc) is 2.68. The highest BCUT2D eigenvalue weighted by Crippen LogP contribution is 2.43. The predicted molar refractivity (Wildman–Crippen MR) is 113 cm³/mol. The van der Waals surface area contributed by atoms with Crippen LogP contribution in [-0.2, 0) is 17.9 Å². The Hall–Kier alpha value is -2.40. The Morgan fingerprint density at radius 2 is 1.70 bits per heavy atom. The zero-order valence-electron chi connectivity index (χ0n) is 15.8. The van der Waals surface area contributed by atoms with E-state index in [2.05, 4.69) is 34.4 Å². The van der Waals surface area contributed by atoms with E-state index in [1.165, 1.54) is 0 Å². The van der Waals surface area contributed by atoms with Crippen molar-refractivity contribution in [3.8, 4) is 29.1 Å². The zero-order chi connectivity index (χ0) is 19.8. The van der Waals surface area contributed by atoms with E-state index in [1.54, 1.807) is 33.2 Å². The lowest BCUT2D eigenvalue weighted by molar-refractivity contribution is -0.126. The van der Waals surface area contributed by atoms with Gasteiger partial charge in [0.1, 0.15) is 0 Å². The Morgan fingerprint density at radius 3 is 2.26 bits per heavy atom. The molecule has 5 nitrogen and oxygen atoms in total. The van der Waals surface area contributed by atoms with Gasteiger partial charge >= 0.3 is 0 Å². The third kappa shape index (κ3) is 5.07. The van der Waals surface area contributed by atoms with Gasteiger partial charge in [0, 0.05) is 15.7 Å². The molecule has 27 heavy (non-hydrogen) atoms. The van der Waals surface area contributed by atoms with Crippen molar-refractivity contribution in [2.24, 2.45) is 0 Å². The standard InChI is InChI=1S/C21H22INO4/c1-5-9-19(24)23(13-15-10-7-6-8-11-15)14-16-17(22)12-18(25-2)21(27-4)20(16)26-3/h6-8,10-12H,13-14H2,1-4H3. The fourth-order valence-electron chi connectivity index (χ4n) is 2.71. The van der Waals surface area contributed by atoms with E-state index in [1.807, 2.05) is 36.4 Å². The maximum absolute atomic E-state index is 12.6. The number of nitrogens with zero attached hydrogens (tertiary/aromatic N) is 1. The van der Waals surface area contributed by atoms with Gasteiger partial charge in [-0.3, -0.25) is 4.79 Å². The second kappa shape index (κ2) is 10.1. The highest BCUT2D eigenvalue weighted by Gasteiger charge is 2.23. The molecule has 0 radical (unpaired) electrons. The number of carbonyl (C=O) groups excluding carboxylic acids is 1. The van der Waals surface area contributed by atoms with Crippen LogP contribution in [-0.4, -0.2) is 32.1 Å². The number of rotatable bonds is 7. The minimum Gasteiger partial charge on any atom is -0.493 e.